The number of aryl methyl sites for hydroxylation is 1. The summed E-state index contributed by atoms with van der Waals surface area (Å²) in [5.74, 6) is 0. The molecule has 1 N–H and O–H groups in total. The highest BCUT2D eigenvalue weighted by Crippen LogP contribution is 2.30. The largest absolute Gasteiger partial charge is 0.388 e. The van der Waals surface area contributed by atoms with E-state index in [4.69, 9.17) is 0 Å². The molecule has 130 valence electrons. The Bertz CT molecular complexity index is 973. The molecule has 0 radical (unpaired) electrons. The Labute approximate surface area is 157 Å². The third-order valence-electron chi connectivity index (χ3n) is 4.03. The molecule has 3 nitrogen and oxygen atoms in total. The van der Waals surface area contributed by atoms with Gasteiger partial charge in [-0.25, -0.2) is 4.98 Å². The number of carbonyl (C=O) groups is 1. The Kier molecular flexibility index (Phi) is 5.77. The van der Waals surface area contributed by atoms with Crippen LogP contribution in [0.15, 0.2) is 72.8 Å². The molecule has 0 amide bonds. The number of aromatic nitrogens is 1. The second-order valence-corrected chi connectivity index (χ2v) is 6.82. The first-order valence-corrected chi connectivity index (χ1v) is 9.17. The lowest BCUT2D eigenvalue weighted by Gasteiger charge is -2.00. The van der Waals surface area contributed by atoms with Crippen molar-refractivity contribution in [2.24, 2.45) is 0 Å². The summed E-state index contributed by atoms with van der Waals surface area (Å²) >= 11 is 1.73. The predicted octanol–water partition coefficient (Wildman–Crippen LogP) is 5.81. The summed E-state index contributed by atoms with van der Waals surface area (Å²) in [6.07, 6.45) is 0.870. The van der Waals surface area contributed by atoms with Crippen LogP contribution in [0, 0.1) is 6.92 Å². The number of anilines is 1. The fourth-order valence-corrected chi connectivity index (χ4v) is 3.47. The minimum Gasteiger partial charge on any atom is -0.388 e. The molecule has 0 fully saturated rings. The summed E-state index contributed by atoms with van der Waals surface area (Å²) in [5.41, 5.74) is 5.18. The molecule has 0 aliphatic heterocycles. The van der Waals surface area contributed by atoms with Gasteiger partial charge in [0.15, 0.2) is 0 Å². The van der Waals surface area contributed by atoms with Crippen molar-refractivity contribution in [3.63, 3.8) is 0 Å². The van der Waals surface area contributed by atoms with Crippen molar-refractivity contribution >= 4 is 33.5 Å². The summed E-state index contributed by atoms with van der Waals surface area (Å²) in [6.45, 7) is 1.92. The SMILES string of the molecule is CNc1ccc(-c2nc3ccccc3s2)cc1.Cc1ccccc1C=O. The maximum absolute atomic E-state index is 10.2. The van der Waals surface area contributed by atoms with Crippen LogP contribution in [0.25, 0.3) is 20.8 Å². The van der Waals surface area contributed by atoms with E-state index in [2.05, 4.69) is 46.7 Å². The average Bonchev–Trinajstić information content (AvgIpc) is 3.13. The minimum absolute atomic E-state index is 0.775. The average molecular weight is 360 g/mol. The molecule has 0 atom stereocenters. The molecule has 0 aliphatic rings. The lowest BCUT2D eigenvalue weighted by Crippen LogP contribution is -1.86. The second kappa shape index (κ2) is 8.41. The number of fused-ring (bicyclic) bond motifs is 1. The van der Waals surface area contributed by atoms with Gasteiger partial charge in [0.25, 0.3) is 0 Å². The van der Waals surface area contributed by atoms with Crippen molar-refractivity contribution in [2.75, 3.05) is 12.4 Å². The van der Waals surface area contributed by atoms with Crippen LogP contribution in [-0.2, 0) is 0 Å². The number of para-hydroxylation sites is 1. The topological polar surface area (TPSA) is 42.0 Å². The number of hydrogen-bond acceptors (Lipinski definition) is 4. The quantitative estimate of drug-likeness (QED) is 0.469. The first kappa shape index (κ1) is 17.8. The molecule has 4 aromatic rings. The van der Waals surface area contributed by atoms with Gasteiger partial charge >= 0.3 is 0 Å². The van der Waals surface area contributed by atoms with Gasteiger partial charge in [-0.2, -0.15) is 0 Å². The number of rotatable bonds is 3. The normalized spacial score (nSPS) is 10.1. The van der Waals surface area contributed by atoms with E-state index in [0.29, 0.717) is 0 Å². The molecule has 0 saturated heterocycles. The first-order chi connectivity index (χ1) is 12.7. The zero-order chi connectivity index (χ0) is 18.4. The van der Waals surface area contributed by atoms with Crippen molar-refractivity contribution < 1.29 is 4.79 Å². The Balaban J connectivity index is 0.000000185. The maximum atomic E-state index is 10.2. The van der Waals surface area contributed by atoms with Crippen LogP contribution in [0.1, 0.15) is 15.9 Å². The summed E-state index contributed by atoms with van der Waals surface area (Å²) in [4.78, 5) is 14.9. The van der Waals surface area contributed by atoms with Crippen LogP contribution in [0.2, 0.25) is 0 Å². The fraction of sp³-hybridized carbons (Fsp3) is 0.0909. The van der Waals surface area contributed by atoms with Gasteiger partial charge in [0.2, 0.25) is 0 Å². The van der Waals surface area contributed by atoms with Crippen LogP contribution in [0.5, 0.6) is 0 Å². The van der Waals surface area contributed by atoms with Crippen LogP contribution in [0.3, 0.4) is 0 Å². The van der Waals surface area contributed by atoms with Gasteiger partial charge in [0.05, 0.1) is 10.2 Å². The van der Waals surface area contributed by atoms with Crippen LogP contribution < -0.4 is 5.32 Å². The zero-order valence-corrected chi connectivity index (χ0v) is 15.6. The fourth-order valence-electron chi connectivity index (χ4n) is 2.49. The number of benzene rings is 3. The Hall–Kier alpha value is -2.98. The third-order valence-corrected chi connectivity index (χ3v) is 5.12. The Morgan fingerprint density at radius 2 is 1.62 bits per heavy atom. The van der Waals surface area contributed by atoms with Gasteiger partial charge in [-0.3, -0.25) is 4.79 Å². The van der Waals surface area contributed by atoms with Gasteiger partial charge in [-0.05, 0) is 48.9 Å². The van der Waals surface area contributed by atoms with Gasteiger partial charge in [0, 0.05) is 23.9 Å². The van der Waals surface area contributed by atoms with E-state index in [1.807, 2.05) is 50.4 Å². The summed E-state index contributed by atoms with van der Waals surface area (Å²) < 4.78 is 1.24. The number of nitrogens with one attached hydrogen (secondary N) is 1. The molecule has 4 rings (SSSR count). The smallest absolute Gasteiger partial charge is 0.150 e. The third kappa shape index (κ3) is 4.16. The van der Waals surface area contributed by atoms with Gasteiger partial charge in [-0.1, -0.05) is 36.4 Å². The number of nitrogens with zero attached hydrogens (tertiary/aromatic N) is 1. The van der Waals surface area contributed by atoms with Gasteiger partial charge in [0.1, 0.15) is 11.3 Å². The number of thiazole rings is 1. The predicted molar refractivity (Wildman–Crippen MR) is 111 cm³/mol. The Morgan fingerprint density at radius 3 is 2.23 bits per heavy atom. The van der Waals surface area contributed by atoms with E-state index in [1.165, 1.54) is 10.3 Å². The van der Waals surface area contributed by atoms with E-state index in [9.17, 15) is 4.79 Å². The van der Waals surface area contributed by atoms with E-state index in [-0.39, 0.29) is 0 Å². The lowest BCUT2D eigenvalue weighted by atomic mass is 10.1. The van der Waals surface area contributed by atoms with Crippen molar-refractivity contribution in [3.05, 3.63) is 83.9 Å². The molecular formula is C22H20N2OS. The molecule has 0 unspecified atom stereocenters. The van der Waals surface area contributed by atoms with Crippen molar-refractivity contribution in [1.29, 1.82) is 0 Å². The molecule has 0 aliphatic carbocycles. The standard InChI is InChI=1S/C14H12N2S.C8H8O/c1-15-11-8-6-10(7-9-11)14-16-12-4-2-3-5-13(12)17-14;1-7-4-2-3-5-8(7)6-9/h2-9,15H,1H3;2-6H,1H3. The van der Waals surface area contributed by atoms with Gasteiger partial charge in [-0.15, -0.1) is 11.3 Å². The second-order valence-electron chi connectivity index (χ2n) is 5.79. The first-order valence-electron chi connectivity index (χ1n) is 8.36. The van der Waals surface area contributed by atoms with Crippen molar-refractivity contribution in [1.82, 2.24) is 4.98 Å². The van der Waals surface area contributed by atoms with E-state index >= 15 is 0 Å². The van der Waals surface area contributed by atoms with Crippen LogP contribution in [0.4, 0.5) is 5.69 Å². The summed E-state index contributed by atoms with van der Waals surface area (Å²) in [6, 6.07) is 24.1. The molecule has 1 heterocycles. The van der Waals surface area contributed by atoms with Crippen LogP contribution in [-0.4, -0.2) is 18.3 Å². The zero-order valence-electron chi connectivity index (χ0n) is 14.8. The lowest BCUT2D eigenvalue weighted by molar-refractivity contribution is 0.112. The van der Waals surface area contributed by atoms with E-state index in [1.54, 1.807) is 11.3 Å². The monoisotopic (exact) mass is 360 g/mol. The Morgan fingerprint density at radius 1 is 0.923 bits per heavy atom. The molecule has 26 heavy (non-hydrogen) atoms. The molecule has 3 aromatic carbocycles. The van der Waals surface area contributed by atoms with Crippen LogP contribution >= 0.6 is 11.3 Å². The van der Waals surface area contributed by atoms with E-state index in [0.717, 1.165) is 33.6 Å². The maximum Gasteiger partial charge on any atom is 0.150 e. The highest BCUT2D eigenvalue weighted by molar-refractivity contribution is 7.21. The molecule has 4 heteroatoms. The molecule has 0 saturated carbocycles. The number of hydrogen-bond donors (Lipinski definition) is 1. The van der Waals surface area contributed by atoms with E-state index < -0.39 is 0 Å². The highest BCUT2D eigenvalue weighted by Gasteiger charge is 2.05. The van der Waals surface area contributed by atoms with Gasteiger partial charge < -0.3 is 5.32 Å². The minimum atomic E-state index is 0.775. The molecule has 1 aromatic heterocycles. The molecule has 0 bridgehead atoms. The molecule has 0 spiro atoms. The molecular weight excluding hydrogens is 340 g/mol. The highest BCUT2D eigenvalue weighted by atomic mass is 32.1. The van der Waals surface area contributed by atoms with Crippen molar-refractivity contribution in [3.8, 4) is 10.6 Å². The number of aldehydes is 1. The summed E-state index contributed by atoms with van der Waals surface area (Å²) in [7, 11) is 1.92. The van der Waals surface area contributed by atoms with Crippen molar-refractivity contribution in [2.45, 2.75) is 6.92 Å². The summed E-state index contributed by atoms with van der Waals surface area (Å²) in [5, 5.41) is 4.19. The number of carbonyl (C=O) groups excluding carboxylic acids is 1.